The second kappa shape index (κ2) is 6.18. The molecule has 0 aliphatic heterocycles. The average molecular weight is 170 g/mol. The number of carboxylic acids is 2. The number of carbonyl (C=O) groups is 2. The first-order valence-corrected chi connectivity index (χ1v) is 2.66. The van der Waals surface area contributed by atoms with Crippen molar-refractivity contribution in [2.45, 2.75) is 13.3 Å². The van der Waals surface area contributed by atoms with Crippen molar-refractivity contribution in [3.8, 4) is 0 Å². The minimum absolute atomic E-state index is 0. The predicted molar refractivity (Wildman–Crippen MR) is 41.6 cm³/mol. The van der Waals surface area contributed by atoms with E-state index >= 15 is 0 Å². The van der Waals surface area contributed by atoms with E-state index in [0.29, 0.717) is 0 Å². The van der Waals surface area contributed by atoms with E-state index in [-0.39, 0.29) is 37.9 Å². The zero-order valence-electron chi connectivity index (χ0n) is 8.20. The van der Waals surface area contributed by atoms with Gasteiger partial charge >= 0.3 is 35.0 Å². The summed E-state index contributed by atoms with van der Waals surface area (Å²) in [5, 5.41) is 16.3. The van der Waals surface area contributed by atoms with E-state index in [1.54, 1.807) is 0 Å². The van der Waals surface area contributed by atoms with Crippen LogP contribution < -0.4 is 0 Å². The fourth-order valence-electron chi connectivity index (χ4n) is 0.328. The van der Waals surface area contributed by atoms with Crippen molar-refractivity contribution < 1.29 is 22.7 Å². The van der Waals surface area contributed by atoms with Crippen LogP contribution in [-0.2, 0) is 9.59 Å². The van der Waals surface area contributed by atoms with Crippen molar-refractivity contribution >= 4 is 35.0 Å². The normalized spacial score (nSPS) is 10.1. The third-order valence-corrected chi connectivity index (χ3v) is 0.920. The van der Waals surface area contributed by atoms with E-state index in [0.717, 1.165) is 6.08 Å². The zero-order valence-corrected chi connectivity index (χ0v) is 7.62. The van der Waals surface area contributed by atoms with E-state index in [9.17, 15) is 9.59 Å². The first kappa shape index (κ1) is 13.1. The van der Waals surface area contributed by atoms with E-state index in [2.05, 4.69) is 0 Å². The number of aliphatic carboxylic acids is 2. The summed E-state index contributed by atoms with van der Waals surface area (Å²) >= 11 is 0. The Kier molecular flexibility index (Phi) is 7.34. The topological polar surface area (TPSA) is 74.6 Å². The van der Waals surface area contributed by atoms with Gasteiger partial charge in [0.1, 0.15) is 0 Å². The third kappa shape index (κ3) is 7.34. The summed E-state index contributed by atoms with van der Waals surface area (Å²) in [7, 11) is 0. The Morgan fingerprint density at radius 3 is 2.18 bits per heavy atom. The number of rotatable bonds is 3. The second-order valence-corrected chi connectivity index (χ2v) is 1.79. The minimum atomic E-state index is -1.08. The monoisotopic (exact) mass is 170 g/mol. The maximum Gasteiger partial charge on any atom is 2.00 e. The van der Waals surface area contributed by atoms with Crippen LogP contribution in [0.25, 0.3) is 0 Å². The van der Waals surface area contributed by atoms with Gasteiger partial charge in [-0.05, 0) is 6.92 Å². The van der Waals surface area contributed by atoms with Crippen LogP contribution in [0.15, 0.2) is 11.6 Å². The molecular formula is C6H10MgO4. The Morgan fingerprint density at radius 2 is 1.91 bits per heavy atom. The molecule has 0 unspecified atom stereocenters. The molecule has 5 heteroatoms. The third-order valence-electron chi connectivity index (χ3n) is 0.920. The van der Waals surface area contributed by atoms with Crippen LogP contribution >= 0.6 is 0 Å². The molecule has 2 N–H and O–H groups in total. The maximum atomic E-state index is 10.1. The van der Waals surface area contributed by atoms with E-state index < -0.39 is 11.9 Å². The molecule has 0 radical (unpaired) electrons. The molecule has 0 fully saturated rings. The Morgan fingerprint density at radius 1 is 1.45 bits per heavy atom. The maximum absolute atomic E-state index is 10.1. The molecule has 0 amide bonds. The van der Waals surface area contributed by atoms with Gasteiger partial charge in [-0.3, -0.25) is 4.79 Å². The molecule has 0 saturated heterocycles. The van der Waals surface area contributed by atoms with Crippen molar-refractivity contribution in [3.05, 3.63) is 11.6 Å². The molecule has 0 aromatic carbocycles. The van der Waals surface area contributed by atoms with Crippen molar-refractivity contribution in [3.63, 3.8) is 0 Å². The van der Waals surface area contributed by atoms with Crippen molar-refractivity contribution in [1.29, 1.82) is 0 Å². The molecule has 0 saturated carbocycles. The average Bonchev–Trinajstić information content (AvgIpc) is 1.82. The second-order valence-electron chi connectivity index (χ2n) is 1.79. The minimum Gasteiger partial charge on any atom is -1.00 e. The smallest absolute Gasteiger partial charge is 1.00 e. The van der Waals surface area contributed by atoms with Gasteiger partial charge in [-0.15, -0.1) is 0 Å². The van der Waals surface area contributed by atoms with Gasteiger partial charge in [0.05, 0.1) is 6.42 Å². The Bertz CT molecular complexity index is 193. The predicted octanol–water partition coefficient (Wildman–Crippen LogP) is 0.336. The molecule has 11 heavy (non-hydrogen) atoms. The van der Waals surface area contributed by atoms with Crippen LogP contribution in [0.4, 0.5) is 0 Å². The van der Waals surface area contributed by atoms with E-state index in [1.807, 2.05) is 0 Å². The SMILES string of the molecule is CC(=CCC(=O)O)C(=O)O.[H-].[H-].[Mg+2]. The summed E-state index contributed by atoms with van der Waals surface area (Å²) in [4.78, 5) is 19.9. The first-order valence-electron chi connectivity index (χ1n) is 2.66. The molecule has 0 aliphatic rings. The summed E-state index contributed by atoms with van der Waals surface area (Å²) in [6.07, 6.45) is 0.919. The van der Waals surface area contributed by atoms with Gasteiger partial charge in [-0.1, -0.05) is 6.08 Å². The molecule has 0 rings (SSSR count). The fourth-order valence-corrected chi connectivity index (χ4v) is 0.328. The Labute approximate surface area is 83.0 Å². The van der Waals surface area contributed by atoms with Crippen LogP contribution in [0.1, 0.15) is 16.2 Å². The Balaban J connectivity index is -0.000000135. The van der Waals surface area contributed by atoms with Crippen LogP contribution in [0.3, 0.4) is 0 Å². The molecule has 0 aromatic heterocycles. The largest absolute Gasteiger partial charge is 2.00 e. The molecule has 0 aromatic rings. The van der Waals surface area contributed by atoms with Gasteiger partial charge in [0.15, 0.2) is 0 Å². The first-order chi connectivity index (χ1) is 4.54. The molecule has 4 nitrogen and oxygen atoms in total. The van der Waals surface area contributed by atoms with Crippen molar-refractivity contribution in [2.24, 2.45) is 0 Å². The standard InChI is InChI=1S/C6H8O4.Mg.2H/c1-4(6(9)10)2-3-5(7)8;;;/h2H,3H2,1H3,(H,7,8)(H,9,10);;;/q;+2;2*-1. The quantitative estimate of drug-likeness (QED) is 0.473. The molecule has 60 valence electrons. The number of hydrogen-bond acceptors (Lipinski definition) is 2. The molecule has 0 heterocycles. The zero-order chi connectivity index (χ0) is 8.15. The van der Waals surface area contributed by atoms with Crippen LogP contribution in [-0.4, -0.2) is 45.2 Å². The van der Waals surface area contributed by atoms with E-state index in [4.69, 9.17) is 10.2 Å². The number of hydrogen-bond donors (Lipinski definition) is 2. The molecule has 0 aliphatic carbocycles. The van der Waals surface area contributed by atoms with Gasteiger partial charge in [0.2, 0.25) is 0 Å². The van der Waals surface area contributed by atoms with Gasteiger partial charge in [0.25, 0.3) is 0 Å². The van der Waals surface area contributed by atoms with Gasteiger partial charge in [0, 0.05) is 5.57 Å². The van der Waals surface area contributed by atoms with Crippen LogP contribution in [0.5, 0.6) is 0 Å². The summed E-state index contributed by atoms with van der Waals surface area (Å²) in [6.45, 7) is 1.35. The van der Waals surface area contributed by atoms with Gasteiger partial charge < -0.3 is 13.1 Å². The molecule has 0 bridgehead atoms. The fraction of sp³-hybridized carbons (Fsp3) is 0.333. The Hall–Kier alpha value is -0.554. The summed E-state index contributed by atoms with van der Waals surface area (Å²) in [6, 6.07) is 0. The summed E-state index contributed by atoms with van der Waals surface area (Å²) in [5.74, 6) is -2.11. The van der Waals surface area contributed by atoms with Crippen LogP contribution in [0, 0.1) is 0 Å². The summed E-state index contributed by atoms with van der Waals surface area (Å²) < 4.78 is 0. The summed E-state index contributed by atoms with van der Waals surface area (Å²) in [5.41, 5.74) is 0.0578. The van der Waals surface area contributed by atoms with Gasteiger partial charge in [-0.2, -0.15) is 0 Å². The van der Waals surface area contributed by atoms with Crippen LogP contribution in [0.2, 0.25) is 0 Å². The van der Waals surface area contributed by atoms with Crippen molar-refractivity contribution in [2.75, 3.05) is 0 Å². The number of carboxylic acid groups (broad SMARTS) is 2. The molecular weight excluding hydrogens is 160 g/mol. The molecule has 0 spiro atoms. The van der Waals surface area contributed by atoms with Gasteiger partial charge in [-0.25, -0.2) is 4.79 Å². The molecule has 0 atom stereocenters. The van der Waals surface area contributed by atoms with Crippen molar-refractivity contribution in [1.82, 2.24) is 0 Å². The van der Waals surface area contributed by atoms with E-state index in [1.165, 1.54) is 6.92 Å².